The quantitative estimate of drug-likeness (QED) is 0.215. The maximum absolute atomic E-state index is 14.2. The summed E-state index contributed by atoms with van der Waals surface area (Å²) in [7, 11) is 0. The molecule has 44 heavy (non-hydrogen) atoms. The number of amides is 4. The Morgan fingerprint density at radius 1 is 1.16 bits per heavy atom. The van der Waals surface area contributed by atoms with Crippen molar-refractivity contribution in [1.82, 2.24) is 20.2 Å². The van der Waals surface area contributed by atoms with Gasteiger partial charge < -0.3 is 24.8 Å². The third kappa shape index (κ3) is 5.82. The molecule has 0 spiro atoms. The molecule has 238 valence electrons. The Hall–Kier alpha value is -4.20. The summed E-state index contributed by atoms with van der Waals surface area (Å²) in [6.45, 7) is 6.67. The summed E-state index contributed by atoms with van der Waals surface area (Å²) in [6.07, 6.45) is 0.328. The number of halogens is 1. The van der Waals surface area contributed by atoms with Crippen molar-refractivity contribution in [3.63, 3.8) is 0 Å². The Bertz CT molecular complexity index is 1370. The number of ether oxygens (including phenoxy) is 2. The first-order chi connectivity index (χ1) is 20.9. The second kappa shape index (κ2) is 12.1. The predicted octanol–water partition coefficient (Wildman–Crippen LogP) is 2.80. The Morgan fingerprint density at radius 3 is 2.45 bits per heavy atom. The normalized spacial score (nSPS) is 26.3. The molecule has 4 aliphatic rings. The summed E-state index contributed by atoms with van der Waals surface area (Å²) in [4.78, 5) is 67.7. The van der Waals surface area contributed by atoms with E-state index in [1.54, 1.807) is 26.0 Å². The smallest absolute Gasteiger partial charge is 0.434 e. The summed E-state index contributed by atoms with van der Waals surface area (Å²) >= 11 is 0. The average Bonchev–Trinajstić information content (AvgIpc) is 3.26. The first-order valence-electron chi connectivity index (χ1n) is 14.7. The van der Waals surface area contributed by atoms with Gasteiger partial charge in [-0.1, -0.05) is 32.1 Å². The standard InChI is InChI=1S/C30H37FN4O9/c1-4-18-12-30(18,27(38)39)32-25(36)23-11-20(44-28(40)33-13-17-7-5-10-22(31)21(17)15-33)14-34(23)26(37)24(16(2)3)35(42)29(41)43-19-8-6-9-19/h4-5,7,10,16,18-20,23-24,42H,1,6,8-9,11-15H2,2-3H3,(H,32,36)(H,38,39)/t18-,20-,23+,24?,30?/m1/s1. The number of carboxylic acid groups (broad SMARTS) is 1. The number of fused-ring (bicyclic) bond motifs is 1. The Kier molecular flexibility index (Phi) is 8.56. The lowest BCUT2D eigenvalue weighted by molar-refractivity contribution is -0.165. The highest BCUT2D eigenvalue weighted by Crippen LogP contribution is 2.45. The number of aliphatic carboxylic acids is 1. The minimum absolute atomic E-state index is 0.0117. The van der Waals surface area contributed by atoms with Gasteiger partial charge in [-0.15, -0.1) is 6.58 Å². The third-order valence-corrected chi connectivity index (χ3v) is 8.98. The molecule has 2 aliphatic heterocycles. The zero-order valence-electron chi connectivity index (χ0n) is 24.6. The number of hydroxylamine groups is 2. The molecule has 0 aromatic heterocycles. The van der Waals surface area contributed by atoms with Crippen LogP contribution in [0.25, 0.3) is 0 Å². The van der Waals surface area contributed by atoms with Gasteiger partial charge in [0, 0.05) is 24.4 Å². The zero-order chi connectivity index (χ0) is 31.9. The first-order valence-corrected chi connectivity index (χ1v) is 14.7. The number of benzene rings is 1. The van der Waals surface area contributed by atoms with Crippen molar-refractivity contribution in [1.29, 1.82) is 0 Å². The molecule has 5 atom stereocenters. The van der Waals surface area contributed by atoms with E-state index in [1.807, 2.05) is 0 Å². The molecule has 0 bridgehead atoms. The Balaban J connectivity index is 1.34. The molecule has 3 fully saturated rings. The summed E-state index contributed by atoms with van der Waals surface area (Å²) in [5, 5.41) is 23.3. The molecular weight excluding hydrogens is 579 g/mol. The lowest BCUT2D eigenvalue weighted by Crippen LogP contribution is -2.58. The second-order valence-electron chi connectivity index (χ2n) is 12.3. The summed E-state index contributed by atoms with van der Waals surface area (Å²) < 4.78 is 25.2. The molecular formula is C30H37FN4O9. The van der Waals surface area contributed by atoms with Crippen LogP contribution in [0.15, 0.2) is 30.9 Å². The van der Waals surface area contributed by atoms with Gasteiger partial charge in [0.2, 0.25) is 11.8 Å². The van der Waals surface area contributed by atoms with Crippen LogP contribution < -0.4 is 5.32 Å². The average molecular weight is 617 g/mol. The lowest BCUT2D eigenvalue weighted by atomic mass is 9.96. The highest BCUT2D eigenvalue weighted by Gasteiger charge is 2.61. The molecule has 2 aliphatic carbocycles. The molecule has 4 amide bonds. The van der Waals surface area contributed by atoms with Crippen molar-refractivity contribution in [3.05, 3.63) is 47.8 Å². The van der Waals surface area contributed by atoms with Crippen LogP contribution in [0.1, 0.15) is 57.1 Å². The molecule has 14 heteroatoms. The van der Waals surface area contributed by atoms with Gasteiger partial charge in [0.25, 0.3) is 0 Å². The second-order valence-corrected chi connectivity index (χ2v) is 12.3. The summed E-state index contributed by atoms with van der Waals surface area (Å²) in [5.74, 6) is -4.43. The molecule has 1 aromatic carbocycles. The van der Waals surface area contributed by atoms with E-state index >= 15 is 0 Å². The number of hydrogen-bond donors (Lipinski definition) is 3. The molecule has 3 N–H and O–H groups in total. The molecule has 2 heterocycles. The van der Waals surface area contributed by atoms with Crippen LogP contribution >= 0.6 is 0 Å². The van der Waals surface area contributed by atoms with Crippen LogP contribution in [0.4, 0.5) is 14.0 Å². The zero-order valence-corrected chi connectivity index (χ0v) is 24.6. The van der Waals surface area contributed by atoms with Crippen molar-refractivity contribution in [2.45, 2.75) is 88.9 Å². The number of likely N-dealkylation sites (tertiary alicyclic amines) is 1. The van der Waals surface area contributed by atoms with E-state index in [9.17, 15) is 38.7 Å². The van der Waals surface area contributed by atoms with Crippen LogP contribution in [-0.4, -0.2) is 91.5 Å². The monoisotopic (exact) mass is 616 g/mol. The van der Waals surface area contributed by atoms with Crippen LogP contribution in [0.5, 0.6) is 0 Å². The van der Waals surface area contributed by atoms with Crippen molar-refractivity contribution in [2.24, 2.45) is 11.8 Å². The molecule has 1 aromatic rings. The van der Waals surface area contributed by atoms with Gasteiger partial charge in [-0.2, -0.15) is 5.06 Å². The van der Waals surface area contributed by atoms with Gasteiger partial charge in [0.1, 0.15) is 35.6 Å². The maximum atomic E-state index is 14.2. The summed E-state index contributed by atoms with van der Waals surface area (Å²) in [6, 6.07) is 1.82. The first kappa shape index (κ1) is 31.2. The third-order valence-electron chi connectivity index (χ3n) is 8.98. The predicted molar refractivity (Wildman–Crippen MR) is 149 cm³/mol. The van der Waals surface area contributed by atoms with E-state index in [2.05, 4.69) is 11.9 Å². The van der Waals surface area contributed by atoms with E-state index in [4.69, 9.17) is 9.47 Å². The fourth-order valence-electron chi connectivity index (χ4n) is 6.06. The van der Waals surface area contributed by atoms with E-state index < -0.39 is 71.3 Å². The van der Waals surface area contributed by atoms with Crippen LogP contribution in [0.2, 0.25) is 0 Å². The molecule has 1 saturated heterocycles. The SMILES string of the molecule is C=C[C@@H]1CC1(NC(=O)[C@@H]1C[C@@H](OC(=O)N2Cc3cccc(F)c3C2)CN1C(=O)C(C(C)C)N(O)C(=O)OC1CCC1)C(=O)O. The van der Waals surface area contributed by atoms with E-state index in [1.165, 1.54) is 17.0 Å². The number of nitrogens with zero attached hydrogens (tertiary/aromatic N) is 3. The number of rotatable bonds is 9. The molecule has 5 rings (SSSR count). The van der Waals surface area contributed by atoms with Gasteiger partial charge in [-0.05, 0) is 43.2 Å². The Morgan fingerprint density at radius 2 is 1.89 bits per heavy atom. The number of carbonyl (C=O) groups is 5. The van der Waals surface area contributed by atoms with Crippen molar-refractivity contribution >= 4 is 30.0 Å². The van der Waals surface area contributed by atoms with Gasteiger partial charge >= 0.3 is 18.2 Å². The van der Waals surface area contributed by atoms with Crippen molar-refractivity contribution in [3.8, 4) is 0 Å². The van der Waals surface area contributed by atoms with Crippen molar-refractivity contribution in [2.75, 3.05) is 6.54 Å². The number of carboxylic acids is 1. The van der Waals surface area contributed by atoms with Gasteiger partial charge in [0.15, 0.2) is 0 Å². The highest BCUT2D eigenvalue weighted by atomic mass is 19.1. The fraction of sp³-hybridized carbons (Fsp3) is 0.567. The van der Waals surface area contributed by atoms with E-state index in [0.29, 0.717) is 24.0 Å². The molecule has 2 unspecified atom stereocenters. The van der Waals surface area contributed by atoms with Crippen LogP contribution in [0.3, 0.4) is 0 Å². The molecule has 13 nitrogen and oxygen atoms in total. The lowest BCUT2D eigenvalue weighted by Gasteiger charge is -2.34. The van der Waals surface area contributed by atoms with Gasteiger partial charge in [-0.25, -0.2) is 18.8 Å². The number of nitrogens with one attached hydrogen (secondary N) is 1. The van der Waals surface area contributed by atoms with Crippen LogP contribution in [0, 0.1) is 17.7 Å². The van der Waals surface area contributed by atoms with E-state index in [0.717, 1.165) is 11.3 Å². The van der Waals surface area contributed by atoms with E-state index in [-0.39, 0.29) is 43.6 Å². The summed E-state index contributed by atoms with van der Waals surface area (Å²) in [5.41, 5.74) is -0.568. The molecule has 0 radical (unpaired) electrons. The largest absolute Gasteiger partial charge is 0.479 e. The topological polar surface area (TPSA) is 166 Å². The fourth-order valence-corrected chi connectivity index (χ4v) is 6.06. The van der Waals surface area contributed by atoms with Crippen molar-refractivity contribution < 1.29 is 48.2 Å². The number of hydrogen-bond acceptors (Lipinski definition) is 8. The molecule has 2 saturated carbocycles. The van der Waals surface area contributed by atoms with Gasteiger partial charge in [0.05, 0.1) is 13.1 Å². The maximum Gasteiger partial charge on any atom is 0.434 e. The van der Waals surface area contributed by atoms with Crippen LogP contribution in [-0.2, 0) is 36.9 Å². The number of carbonyl (C=O) groups excluding carboxylic acids is 4. The van der Waals surface area contributed by atoms with Gasteiger partial charge in [-0.3, -0.25) is 19.7 Å². The minimum Gasteiger partial charge on any atom is -0.479 e. The Labute approximate surface area is 253 Å². The minimum atomic E-state index is -1.58. The highest BCUT2D eigenvalue weighted by molar-refractivity contribution is 5.96.